The van der Waals surface area contributed by atoms with Crippen molar-refractivity contribution in [2.75, 3.05) is 10.8 Å². The number of rotatable bonds is 5. The summed E-state index contributed by atoms with van der Waals surface area (Å²) in [4.78, 5) is 13.0. The lowest BCUT2D eigenvalue weighted by Crippen LogP contribution is -2.35. The Morgan fingerprint density at radius 1 is 0.969 bits per heavy atom. The fourth-order valence-electron chi connectivity index (χ4n) is 3.80. The standard InChI is InChI=1S/C24H22Cl2N2O3S/c1-16(17-4-7-20(25)8-5-17)27-24(29)19-6-13-23-18(15-19)3-2-14-28(23)32(30,31)22-11-9-21(26)10-12-22/h4-13,15-16H,2-3,14H2,1H3,(H,27,29)/t16-/m1/s1. The second-order valence-electron chi connectivity index (χ2n) is 7.72. The lowest BCUT2D eigenvalue weighted by Gasteiger charge is -2.31. The number of amides is 1. The van der Waals surface area contributed by atoms with Gasteiger partial charge in [0.1, 0.15) is 0 Å². The highest BCUT2D eigenvalue weighted by Gasteiger charge is 2.29. The van der Waals surface area contributed by atoms with Crippen molar-refractivity contribution in [1.82, 2.24) is 5.32 Å². The Balaban J connectivity index is 1.57. The summed E-state index contributed by atoms with van der Waals surface area (Å²) in [5.74, 6) is -0.215. The molecule has 0 spiro atoms. The summed E-state index contributed by atoms with van der Waals surface area (Å²) < 4.78 is 27.8. The van der Waals surface area contributed by atoms with Crippen molar-refractivity contribution in [2.24, 2.45) is 0 Å². The number of anilines is 1. The van der Waals surface area contributed by atoms with Gasteiger partial charge in [0.2, 0.25) is 0 Å². The van der Waals surface area contributed by atoms with Gasteiger partial charge in [0.15, 0.2) is 0 Å². The molecule has 1 aliphatic rings. The molecule has 32 heavy (non-hydrogen) atoms. The molecule has 166 valence electrons. The Kier molecular flexibility index (Phi) is 6.47. The maximum absolute atomic E-state index is 13.2. The minimum absolute atomic E-state index is 0.188. The van der Waals surface area contributed by atoms with Crippen molar-refractivity contribution >= 4 is 44.8 Å². The van der Waals surface area contributed by atoms with Crippen LogP contribution in [0.2, 0.25) is 10.0 Å². The van der Waals surface area contributed by atoms with E-state index in [1.165, 1.54) is 16.4 Å². The van der Waals surface area contributed by atoms with Crippen molar-refractivity contribution in [3.05, 3.63) is 93.5 Å². The first kappa shape index (κ1) is 22.6. The summed E-state index contributed by atoms with van der Waals surface area (Å²) in [6, 6.07) is 18.4. The van der Waals surface area contributed by atoms with Gasteiger partial charge in [-0.1, -0.05) is 35.3 Å². The molecule has 0 aliphatic carbocycles. The Labute approximate surface area is 198 Å². The average molecular weight is 489 g/mol. The van der Waals surface area contributed by atoms with E-state index in [9.17, 15) is 13.2 Å². The zero-order valence-electron chi connectivity index (χ0n) is 17.4. The van der Waals surface area contributed by atoms with Crippen LogP contribution in [-0.2, 0) is 16.4 Å². The topological polar surface area (TPSA) is 66.5 Å². The zero-order valence-corrected chi connectivity index (χ0v) is 19.7. The lowest BCUT2D eigenvalue weighted by molar-refractivity contribution is 0.0940. The Hall–Kier alpha value is -2.54. The highest BCUT2D eigenvalue weighted by Crippen LogP contribution is 2.33. The zero-order chi connectivity index (χ0) is 22.9. The molecule has 1 N–H and O–H groups in total. The molecule has 1 aliphatic heterocycles. The van der Waals surface area contributed by atoms with E-state index in [0.717, 1.165) is 11.1 Å². The van der Waals surface area contributed by atoms with Crippen LogP contribution in [0.1, 0.15) is 40.9 Å². The van der Waals surface area contributed by atoms with Gasteiger partial charge in [-0.25, -0.2) is 8.42 Å². The molecule has 5 nitrogen and oxygen atoms in total. The number of hydrogen-bond acceptors (Lipinski definition) is 3. The van der Waals surface area contributed by atoms with Crippen LogP contribution in [0.4, 0.5) is 5.69 Å². The van der Waals surface area contributed by atoms with Gasteiger partial charge >= 0.3 is 0 Å². The second-order valence-corrected chi connectivity index (χ2v) is 10.5. The molecule has 3 aromatic carbocycles. The fraction of sp³-hybridized carbons (Fsp3) is 0.208. The average Bonchev–Trinajstić information content (AvgIpc) is 2.79. The molecule has 0 bridgehead atoms. The molecular weight excluding hydrogens is 467 g/mol. The van der Waals surface area contributed by atoms with Gasteiger partial charge < -0.3 is 5.32 Å². The number of aryl methyl sites for hydroxylation is 1. The summed E-state index contributed by atoms with van der Waals surface area (Å²) in [6.45, 7) is 2.29. The van der Waals surface area contributed by atoms with Gasteiger partial charge in [0.05, 0.1) is 16.6 Å². The number of fused-ring (bicyclic) bond motifs is 1. The first-order valence-corrected chi connectivity index (χ1v) is 12.4. The minimum atomic E-state index is -3.72. The molecular formula is C24H22Cl2N2O3S. The summed E-state index contributed by atoms with van der Waals surface area (Å²) in [5, 5.41) is 4.10. The largest absolute Gasteiger partial charge is 0.346 e. The second kappa shape index (κ2) is 9.14. The molecule has 0 radical (unpaired) electrons. The smallest absolute Gasteiger partial charge is 0.264 e. The highest BCUT2D eigenvalue weighted by atomic mass is 35.5. The summed E-state index contributed by atoms with van der Waals surface area (Å²) in [6.07, 6.45) is 1.38. The number of benzene rings is 3. The first-order valence-electron chi connectivity index (χ1n) is 10.2. The number of sulfonamides is 1. The van der Waals surface area contributed by atoms with E-state index >= 15 is 0 Å². The Morgan fingerprint density at radius 3 is 2.25 bits per heavy atom. The minimum Gasteiger partial charge on any atom is -0.346 e. The number of nitrogens with zero attached hydrogens (tertiary/aromatic N) is 1. The van der Waals surface area contributed by atoms with E-state index in [1.54, 1.807) is 42.5 Å². The number of carbonyl (C=O) groups is 1. The first-order chi connectivity index (χ1) is 15.3. The number of hydrogen-bond donors (Lipinski definition) is 1. The van der Waals surface area contributed by atoms with E-state index in [-0.39, 0.29) is 16.8 Å². The van der Waals surface area contributed by atoms with Crippen LogP contribution in [0.5, 0.6) is 0 Å². The molecule has 8 heteroatoms. The highest BCUT2D eigenvalue weighted by molar-refractivity contribution is 7.92. The van der Waals surface area contributed by atoms with Gasteiger partial charge in [0.25, 0.3) is 15.9 Å². The van der Waals surface area contributed by atoms with Crippen molar-refractivity contribution in [3.63, 3.8) is 0 Å². The van der Waals surface area contributed by atoms with E-state index in [2.05, 4.69) is 5.32 Å². The van der Waals surface area contributed by atoms with Crippen LogP contribution in [0, 0.1) is 0 Å². The predicted octanol–water partition coefficient (Wildman–Crippen LogP) is 5.63. The maximum Gasteiger partial charge on any atom is 0.264 e. The lowest BCUT2D eigenvalue weighted by atomic mass is 10.00. The summed E-state index contributed by atoms with van der Waals surface area (Å²) in [5.41, 5.74) is 2.88. The maximum atomic E-state index is 13.2. The third kappa shape index (κ3) is 4.63. The van der Waals surface area contributed by atoms with Crippen LogP contribution in [0.25, 0.3) is 0 Å². The van der Waals surface area contributed by atoms with Crippen LogP contribution in [-0.4, -0.2) is 20.9 Å². The van der Waals surface area contributed by atoms with E-state index in [1.807, 2.05) is 19.1 Å². The molecule has 1 amide bonds. The van der Waals surface area contributed by atoms with E-state index in [4.69, 9.17) is 23.2 Å². The molecule has 4 rings (SSSR count). The Morgan fingerprint density at radius 2 is 1.59 bits per heavy atom. The quantitative estimate of drug-likeness (QED) is 0.506. The molecule has 1 atom stereocenters. The molecule has 3 aromatic rings. The summed E-state index contributed by atoms with van der Waals surface area (Å²) >= 11 is 11.8. The molecule has 0 fully saturated rings. The van der Waals surface area contributed by atoms with Gasteiger partial charge in [-0.3, -0.25) is 9.10 Å². The molecule has 0 aromatic heterocycles. The van der Waals surface area contributed by atoms with Gasteiger partial charge in [0, 0.05) is 22.2 Å². The predicted molar refractivity (Wildman–Crippen MR) is 128 cm³/mol. The number of carbonyl (C=O) groups excluding carboxylic acids is 1. The monoisotopic (exact) mass is 488 g/mol. The van der Waals surface area contributed by atoms with Crippen molar-refractivity contribution < 1.29 is 13.2 Å². The van der Waals surface area contributed by atoms with Crippen molar-refractivity contribution in [3.8, 4) is 0 Å². The Bertz CT molecular complexity index is 1240. The van der Waals surface area contributed by atoms with E-state index in [0.29, 0.717) is 40.7 Å². The number of halogens is 2. The SMILES string of the molecule is C[C@@H](NC(=O)c1ccc2c(c1)CCCN2S(=O)(=O)c1ccc(Cl)cc1)c1ccc(Cl)cc1. The molecule has 1 heterocycles. The van der Waals surface area contributed by atoms with Gasteiger partial charge in [-0.15, -0.1) is 0 Å². The van der Waals surface area contributed by atoms with Gasteiger partial charge in [-0.05, 0) is 85.5 Å². The fourth-order valence-corrected chi connectivity index (χ4v) is 5.60. The summed E-state index contributed by atoms with van der Waals surface area (Å²) in [7, 11) is -3.72. The molecule has 0 unspecified atom stereocenters. The molecule has 0 saturated carbocycles. The van der Waals surface area contributed by atoms with Gasteiger partial charge in [-0.2, -0.15) is 0 Å². The third-order valence-electron chi connectivity index (χ3n) is 5.54. The number of nitrogens with one attached hydrogen (secondary N) is 1. The van der Waals surface area contributed by atoms with E-state index < -0.39 is 10.0 Å². The normalized spacial score (nSPS) is 14.5. The van der Waals surface area contributed by atoms with Crippen molar-refractivity contribution in [2.45, 2.75) is 30.7 Å². The van der Waals surface area contributed by atoms with Crippen LogP contribution >= 0.6 is 23.2 Å². The van der Waals surface area contributed by atoms with Crippen LogP contribution in [0.15, 0.2) is 71.6 Å². The van der Waals surface area contributed by atoms with Crippen molar-refractivity contribution in [1.29, 1.82) is 0 Å². The van der Waals surface area contributed by atoms with Crippen LogP contribution < -0.4 is 9.62 Å². The molecule has 0 saturated heterocycles. The van der Waals surface area contributed by atoms with Crippen LogP contribution in [0.3, 0.4) is 0 Å². The third-order valence-corrected chi connectivity index (χ3v) is 7.87.